The van der Waals surface area contributed by atoms with Crippen LogP contribution in [0.3, 0.4) is 0 Å². The molecule has 0 unspecified atom stereocenters. The summed E-state index contributed by atoms with van der Waals surface area (Å²) in [5, 5.41) is 6.75. The average Bonchev–Trinajstić information content (AvgIpc) is 3.10. The summed E-state index contributed by atoms with van der Waals surface area (Å²) in [4.78, 5) is 20.8. The van der Waals surface area contributed by atoms with Crippen LogP contribution in [0.5, 0.6) is 0 Å². The first-order valence-corrected chi connectivity index (χ1v) is 11.3. The van der Waals surface area contributed by atoms with Crippen LogP contribution in [0.1, 0.15) is 38.2 Å². The second-order valence-corrected chi connectivity index (χ2v) is 8.10. The molecule has 1 aliphatic heterocycles. The minimum atomic E-state index is 0.539. The predicted molar refractivity (Wildman–Crippen MR) is 128 cm³/mol. The molecule has 4 aromatic heterocycles. The van der Waals surface area contributed by atoms with E-state index >= 15 is 0 Å². The number of rotatable bonds is 6. The van der Waals surface area contributed by atoms with Crippen molar-refractivity contribution < 1.29 is 0 Å². The van der Waals surface area contributed by atoms with E-state index in [-0.39, 0.29) is 0 Å². The number of nitrogens with zero attached hydrogens (tertiary/aromatic N) is 6. The van der Waals surface area contributed by atoms with Crippen LogP contribution in [0.2, 0.25) is 0 Å². The molecule has 4 aromatic rings. The maximum atomic E-state index is 4.84. The summed E-state index contributed by atoms with van der Waals surface area (Å²) in [6, 6.07) is 10.1. The average molecular weight is 429 g/mol. The zero-order valence-corrected chi connectivity index (χ0v) is 18.3. The smallest absolute Gasteiger partial charge is 0.232 e. The molecule has 0 radical (unpaired) electrons. The lowest BCUT2D eigenvalue weighted by Gasteiger charge is -2.22. The van der Waals surface area contributed by atoms with Gasteiger partial charge in [-0.3, -0.25) is 0 Å². The Hall–Kier alpha value is -3.68. The van der Waals surface area contributed by atoms with Crippen molar-refractivity contribution in [2.75, 3.05) is 28.6 Å². The maximum Gasteiger partial charge on any atom is 0.232 e. The van der Waals surface area contributed by atoms with E-state index in [4.69, 9.17) is 9.97 Å². The Kier molecular flexibility index (Phi) is 5.83. The molecule has 5 heterocycles. The van der Waals surface area contributed by atoms with Gasteiger partial charge in [0.15, 0.2) is 0 Å². The van der Waals surface area contributed by atoms with E-state index in [1.807, 2.05) is 53.3 Å². The van der Waals surface area contributed by atoms with Gasteiger partial charge in [0.1, 0.15) is 23.1 Å². The van der Waals surface area contributed by atoms with Crippen molar-refractivity contribution in [3.8, 4) is 0 Å². The van der Waals surface area contributed by atoms with Gasteiger partial charge in [-0.1, -0.05) is 19.8 Å². The van der Waals surface area contributed by atoms with Crippen molar-refractivity contribution in [2.24, 2.45) is 0 Å². The molecule has 0 saturated carbocycles. The molecule has 164 valence electrons. The molecule has 8 nitrogen and oxygen atoms in total. The molecule has 0 spiro atoms. The molecular weight excluding hydrogens is 400 g/mol. The van der Waals surface area contributed by atoms with E-state index in [0.717, 1.165) is 48.3 Å². The van der Waals surface area contributed by atoms with Gasteiger partial charge in [0.2, 0.25) is 5.95 Å². The van der Waals surface area contributed by atoms with Gasteiger partial charge in [-0.05, 0) is 43.0 Å². The van der Waals surface area contributed by atoms with Crippen LogP contribution in [0, 0.1) is 0 Å². The zero-order valence-electron chi connectivity index (χ0n) is 18.3. The number of anilines is 5. The fraction of sp³-hybridized carbons (Fsp3) is 0.333. The van der Waals surface area contributed by atoms with Crippen molar-refractivity contribution in [2.45, 2.75) is 39.0 Å². The summed E-state index contributed by atoms with van der Waals surface area (Å²) in [5.41, 5.74) is 3.04. The number of hydrogen-bond acceptors (Lipinski definition) is 7. The first-order chi connectivity index (χ1) is 15.8. The van der Waals surface area contributed by atoms with Crippen molar-refractivity contribution >= 4 is 34.7 Å². The number of aryl methyl sites for hydroxylation is 1. The molecule has 2 N–H and O–H groups in total. The summed E-state index contributed by atoms with van der Waals surface area (Å²) in [6.07, 6.45) is 13.4. The van der Waals surface area contributed by atoms with Gasteiger partial charge < -0.3 is 19.9 Å². The molecule has 5 rings (SSSR count). The standard InChI is InChI=1S/C24H28N8/c1-2-18-7-9-25-20(15-18)28-24-29-21(17-23(30-24)31-11-5-3-4-6-12-31)27-19-8-13-32-14-10-26-22(32)16-19/h7-10,13-17H,2-6,11-12H2,1H3,(H2,25,27,28,29,30). The molecule has 0 aromatic carbocycles. The van der Waals surface area contributed by atoms with E-state index in [9.17, 15) is 0 Å². The van der Waals surface area contributed by atoms with Crippen LogP contribution in [0.15, 0.2) is 55.1 Å². The van der Waals surface area contributed by atoms with E-state index in [1.165, 1.54) is 31.2 Å². The van der Waals surface area contributed by atoms with Crippen molar-refractivity contribution in [3.05, 3.63) is 60.7 Å². The first kappa shape index (κ1) is 20.2. The lowest BCUT2D eigenvalue weighted by molar-refractivity contribution is 0.726. The first-order valence-electron chi connectivity index (χ1n) is 11.3. The van der Waals surface area contributed by atoms with E-state index in [0.29, 0.717) is 5.95 Å². The monoisotopic (exact) mass is 428 g/mol. The van der Waals surface area contributed by atoms with Gasteiger partial charge in [-0.25, -0.2) is 9.97 Å². The summed E-state index contributed by atoms with van der Waals surface area (Å²) in [6.45, 7) is 4.16. The third kappa shape index (κ3) is 4.64. The van der Waals surface area contributed by atoms with E-state index in [2.05, 4.69) is 32.4 Å². The Balaban J connectivity index is 1.47. The highest BCUT2D eigenvalue weighted by Gasteiger charge is 2.15. The van der Waals surface area contributed by atoms with E-state index in [1.54, 1.807) is 6.20 Å². The fourth-order valence-corrected chi connectivity index (χ4v) is 4.03. The second-order valence-electron chi connectivity index (χ2n) is 8.10. The maximum absolute atomic E-state index is 4.84. The summed E-state index contributed by atoms with van der Waals surface area (Å²) in [7, 11) is 0. The highest BCUT2D eigenvalue weighted by atomic mass is 15.2. The molecular formula is C24H28N8. The van der Waals surface area contributed by atoms with Crippen LogP contribution in [-0.4, -0.2) is 37.4 Å². The molecule has 32 heavy (non-hydrogen) atoms. The third-order valence-corrected chi connectivity index (χ3v) is 5.79. The van der Waals surface area contributed by atoms with Crippen molar-refractivity contribution in [3.63, 3.8) is 0 Å². The Morgan fingerprint density at radius 2 is 1.72 bits per heavy atom. The molecule has 1 saturated heterocycles. The van der Waals surface area contributed by atoms with Crippen molar-refractivity contribution in [1.82, 2.24) is 24.3 Å². The zero-order chi connectivity index (χ0) is 21.8. The molecule has 0 aliphatic carbocycles. The fourth-order valence-electron chi connectivity index (χ4n) is 4.03. The Morgan fingerprint density at radius 3 is 2.56 bits per heavy atom. The molecule has 0 atom stereocenters. The van der Waals surface area contributed by atoms with Crippen LogP contribution in [-0.2, 0) is 6.42 Å². The second kappa shape index (κ2) is 9.21. The van der Waals surface area contributed by atoms with Gasteiger partial charge >= 0.3 is 0 Å². The lowest BCUT2D eigenvalue weighted by atomic mass is 10.2. The van der Waals surface area contributed by atoms with Gasteiger partial charge in [-0.2, -0.15) is 9.97 Å². The molecule has 8 heteroatoms. The summed E-state index contributed by atoms with van der Waals surface area (Å²) < 4.78 is 1.98. The Labute approximate surface area is 187 Å². The number of fused-ring (bicyclic) bond motifs is 1. The molecule has 1 fully saturated rings. The number of aromatic nitrogens is 5. The Morgan fingerprint density at radius 1 is 0.844 bits per heavy atom. The lowest BCUT2D eigenvalue weighted by Crippen LogP contribution is -2.25. The van der Waals surface area contributed by atoms with Crippen LogP contribution >= 0.6 is 0 Å². The van der Waals surface area contributed by atoms with Crippen molar-refractivity contribution in [1.29, 1.82) is 0 Å². The predicted octanol–water partition coefficient (Wildman–Crippen LogP) is 4.95. The SMILES string of the molecule is CCc1ccnc(Nc2nc(Nc3ccn4ccnc4c3)cc(N3CCCCCC3)n2)c1. The Bertz CT molecular complexity index is 1190. The van der Waals surface area contributed by atoms with Gasteiger partial charge in [0, 0.05) is 55.7 Å². The van der Waals surface area contributed by atoms with Crippen LogP contribution in [0.25, 0.3) is 5.65 Å². The van der Waals surface area contributed by atoms with E-state index < -0.39 is 0 Å². The summed E-state index contributed by atoms with van der Waals surface area (Å²) in [5.74, 6) is 2.96. The number of imidazole rings is 1. The molecule has 0 bridgehead atoms. The topological polar surface area (TPSA) is 83.3 Å². The molecule has 1 aliphatic rings. The quantitative estimate of drug-likeness (QED) is 0.449. The molecule has 0 amide bonds. The van der Waals surface area contributed by atoms with Crippen LogP contribution < -0.4 is 15.5 Å². The van der Waals surface area contributed by atoms with Gasteiger partial charge in [0.05, 0.1) is 0 Å². The highest BCUT2D eigenvalue weighted by molar-refractivity contribution is 5.65. The highest BCUT2D eigenvalue weighted by Crippen LogP contribution is 2.25. The minimum absolute atomic E-state index is 0.539. The van der Waals surface area contributed by atoms with Crippen LogP contribution in [0.4, 0.5) is 29.1 Å². The van der Waals surface area contributed by atoms with Gasteiger partial charge in [-0.15, -0.1) is 0 Å². The normalized spacial score (nSPS) is 14.3. The minimum Gasteiger partial charge on any atom is -0.356 e. The third-order valence-electron chi connectivity index (χ3n) is 5.79. The number of nitrogens with one attached hydrogen (secondary N) is 2. The van der Waals surface area contributed by atoms with Gasteiger partial charge in [0.25, 0.3) is 0 Å². The number of hydrogen-bond donors (Lipinski definition) is 2. The number of pyridine rings is 2. The summed E-state index contributed by atoms with van der Waals surface area (Å²) >= 11 is 0. The largest absolute Gasteiger partial charge is 0.356 e.